The van der Waals surface area contributed by atoms with Gasteiger partial charge >= 0.3 is 0 Å². The monoisotopic (exact) mass is 282 g/mol. The quantitative estimate of drug-likeness (QED) is 0.260. The molecule has 0 aromatic carbocycles. The summed E-state index contributed by atoms with van der Waals surface area (Å²) in [6, 6.07) is 0. The van der Waals surface area contributed by atoms with Crippen LogP contribution in [0.1, 0.15) is 83.5 Å². The minimum atomic E-state index is 0.358. The van der Waals surface area contributed by atoms with E-state index in [9.17, 15) is 0 Å². The normalized spacial score (nSPS) is 17.9. The topological polar surface area (TPSA) is 32.8 Å². The first-order chi connectivity index (χ1) is 9.93. The number of aliphatic hydroxyl groups excluding tert-OH is 1. The number of epoxide rings is 1. The van der Waals surface area contributed by atoms with Crippen LogP contribution < -0.4 is 0 Å². The van der Waals surface area contributed by atoms with Crippen LogP contribution in [0.15, 0.2) is 12.2 Å². The molecule has 1 fully saturated rings. The second kappa shape index (κ2) is 13.6. The SMILES string of the molecule is OCCCCCCCC/C=C\CCCCCCC1CO1. The van der Waals surface area contributed by atoms with Gasteiger partial charge in [-0.1, -0.05) is 57.1 Å². The first-order valence-electron chi connectivity index (χ1n) is 8.81. The van der Waals surface area contributed by atoms with Gasteiger partial charge in [-0.25, -0.2) is 0 Å². The Balaban J connectivity index is 1.67. The van der Waals surface area contributed by atoms with Crippen LogP contribution in [0.3, 0.4) is 0 Å². The summed E-state index contributed by atoms with van der Waals surface area (Å²) in [5.41, 5.74) is 0. The van der Waals surface area contributed by atoms with Gasteiger partial charge in [-0.15, -0.1) is 0 Å². The molecule has 1 aliphatic heterocycles. The Hall–Kier alpha value is -0.340. The highest BCUT2D eigenvalue weighted by molar-refractivity contribution is 4.81. The van der Waals surface area contributed by atoms with Gasteiger partial charge in [0.25, 0.3) is 0 Å². The number of unbranched alkanes of at least 4 members (excludes halogenated alkanes) is 10. The Labute approximate surface area is 125 Å². The maximum Gasteiger partial charge on any atom is 0.0810 e. The number of ether oxygens (including phenoxy) is 1. The van der Waals surface area contributed by atoms with Crippen LogP contribution in [0.5, 0.6) is 0 Å². The van der Waals surface area contributed by atoms with E-state index in [0.717, 1.165) is 13.0 Å². The number of allylic oxidation sites excluding steroid dienone is 2. The van der Waals surface area contributed by atoms with Crippen LogP contribution in [0, 0.1) is 0 Å². The zero-order valence-electron chi connectivity index (χ0n) is 13.2. The van der Waals surface area contributed by atoms with Crippen LogP contribution in [0.4, 0.5) is 0 Å². The number of hydrogen-bond donors (Lipinski definition) is 1. The van der Waals surface area contributed by atoms with E-state index >= 15 is 0 Å². The van der Waals surface area contributed by atoms with Gasteiger partial charge in [-0.2, -0.15) is 0 Å². The summed E-state index contributed by atoms with van der Waals surface area (Å²) < 4.78 is 5.21. The number of aliphatic hydroxyl groups is 1. The van der Waals surface area contributed by atoms with Gasteiger partial charge in [0.2, 0.25) is 0 Å². The van der Waals surface area contributed by atoms with Crippen molar-refractivity contribution in [2.75, 3.05) is 13.2 Å². The lowest BCUT2D eigenvalue weighted by Crippen LogP contribution is -1.85. The van der Waals surface area contributed by atoms with Crippen molar-refractivity contribution in [2.24, 2.45) is 0 Å². The van der Waals surface area contributed by atoms with Gasteiger partial charge < -0.3 is 9.84 Å². The molecule has 0 aromatic rings. The summed E-state index contributed by atoms with van der Waals surface area (Å²) >= 11 is 0. The van der Waals surface area contributed by atoms with Gasteiger partial charge in [0, 0.05) is 6.61 Å². The van der Waals surface area contributed by atoms with Gasteiger partial charge in [0.05, 0.1) is 12.7 Å². The third kappa shape index (κ3) is 12.7. The second-order valence-electron chi connectivity index (χ2n) is 6.05. The molecule has 1 aliphatic rings. The zero-order valence-corrected chi connectivity index (χ0v) is 13.2. The number of rotatable bonds is 15. The van der Waals surface area contributed by atoms with Crippen LogP contribution >= 0.6 is 0 Å². The maximum atomic E-state index is 8.67. The van der Waals surface area contributed by atoms with Crippen molar-refractivity contribution in [2.45, 2.75) is 89.6 Å². The largest absolute Gasteiger partial charge is 0.396 e. The fourth-order valence-corrected chi connectivity index (χ4v) is 2.54. The predicted octanol–water partition coefficient (Wildman–Crippen LogP) is 5.01. The van der Waals surface area contributed by atoms with Gasteiger partial charge in [-0.05, 0) is 38.5 Å². The molecular formula is C18H34O2. The van der Waals surface area contributed by atoms with E-state index in [1.165, 1.54) is 77.0 Å². The zero-order chi connectivity index (χ0) is 14.3. The minimum Gasteiger partial charge on any atom is -0.396 e. The summed E-state index contributed by atoms with van der Waals surface area (Å²) in [5, 5.41) is 8.67. The van der Waals surface area contributed by atoms with Crippen molar-refractivity contribution >= 4 is 0 Å². The molecule has 1 unspecified atom stereocenters. The average molecular weight is 282 g/mol. The summed E-state index contributed by atoms with van der Waals surface area (Å²) in [6.07, 6.45) is 22.1. The van der Waals surface area contributed by atoms with Crippen molar-refractivity contribution in [1.82, 2.24) is 0 Å². The minimum absolute atomic E-state index is 0.358. The molecule has 1 atom stereocenters. The molecule has 0 bridgehead atoms. The molecule has 2 nitrogen and oxygen atoms in total. The molecule has 1 saturated heterocycles. The van der Waals surface area contributed by atoms with Crippen LogP contribution in [-0.2, 0) is 4.74 Å². The van der Waals surface area contributed by atoms with E-state index in [1.54, 1.807) is 0 Å². The van der Waals surface area contributed by atoms with Crippen LogP contribution in [0.25, 0.3) is 0 Å². The Bertz CT molecular complexity index is 221. The van der Waals surface area contributed by atoms with Gasteiger partial charge in [-0.3, -0.25) is 0 Å². The Kier molecular flexibility index (Phi) is 12.1. The highest BCUT2D eigenvalue weighted by atomic mass is 16.6. The molecule has 2 heteroatoms. The van der Waals surface area contributed by atoms with Crippen molar-refractivity contribution in [1.29, 1.82) is 0 Å². The Morgan fingerprint density at radius 3 is 1.80 bits per heavy atom. The second-order valence-corrected chi connectivity index (χ2v) is 6.05. The van der Waals surface area contributed by atoms with Crippen molar-refractivity contribution in [3.05, 3.63) is 12.2 Å². The molecule has 1 rings (SSSR count). The third-order valence-corrected chi connectivity index (χ3v) is 3.99. The van der Waals surface area contributed by atoms with E-state index in [1.807, 2.05) is 0 Å². The predicted molar refractivity (Wildman–Crippen MR) is 86.0 cm³/mol. The molecule has 1 N–H and O–H groups in total. The Morgan fingerprint density at radius 2 is 1.25 bits per heavy atom. The summed E-state index contributed by atoms with van der Waals surface area (Å²) in [7, 11) is 0. The summed E-state index contributed by atoms with van der Waals surface area (Å²) in [4.78, 5) is 0. The van der Waals surface area contributed by atoms with Gasteiger partial charge in [0.1, 0.15) is 0 Å². The Morgan fingerprint density at radius 1 is 0.750 bits per heavy atom. The van der Waals surface area contributed by atoms with E-state index in [4.69, 9.17) is 9.84 Å². The lowest BCUT2D eigenvalue weighted by molar-refractivity contribution is 0.282. The number of hydrogen-bond acceptors (Lipinski definition) is 2. The highest BCUT2D eigenvalue weighted by Gasteiger charge is 2.20. The first kappa shape index (κ1) is 17.7. The lowest BCUT2D eigenvalue weighted by Gasteiger charge is -1.99. The highest BCUT2D eigenvalue weighted by Crippen LogP contribution is 2.17. The fraction of sp³-hybridized carbons (Fsp3) is 0.889. The molecule has 0 aromatic heterocycles. The molecule has 20 heavy (non-hydrogen) atoms. The molecular weight excluding hydrogens is 248 g/mol. The third-order valence-electron chi connectivity index (χ3n) is 3.99. The van der Waals surface area contributed by atoms with Crippen LogP contribution in [-0.4, -0.2) is 24.4 Å². The smallest absolute Gasteiger partial charge is 0.0810 e. The van der Waals surface area contributed by atoms with Crippen LogP contribution in [0.2, 0.25) is 0 Å². The van der Waals surface area contributed by atoms with E-state index in [0.29, 0.717) is 12.7 Å². The average Bonchev–Trinajstić information content (AvgIpc) is 3.27. The maximum absolute atomic E-state index is 8.67. The molecule has 118 valence electrons. The molecule has 0 radical (unpaired) electrons. The molecule has 0 spiro atoms. The lowest BCUT2D eigenvalue weighted by atomic mass is 10.1. The molecule has 1 heterocycles. The van der Waals surface area contributed by atoms with Crippen molar-refractivity contribution in [3.63, 3.8) is 0 Å². The summed E-state index contributed by atoms with van der Waals surface area (Å²) in [6.45, 7) is 1.38. The fourth-order valence-electron chi connectivity index (χ4n) is 2.54. The molecule has 0 amide bonds. The molecule has 0 saturated carbocycles. The molecule has 0 aliphatic carbocycles. The van der Waals surface area contributed by atoms with Gasteiger partial charge in [0.15, 0.2) is 0 Å². The van der Waals surface area contributed by atoms with E-state index < -0.39 is 0 Å². The summed E-state index contributed by atoms with van der Waals surface area (Å²) in [5.74, 6) is 0. The standard InChI is InChI=1S/C18H34O2/c19-16-14-12-10-8-6-4-2-1-3-5-7-9-11-13-15-18-17-20-18/h1,3,18-19H,2,4-17H2/b3-1-. The first-order valence-corrected chi connectivity index (χ1v) is 8.81. The van der Waals surface area contributed by atoms with E-state index in [2.05, 4.69) is 12.2 Å². The van der Waals surface area contributed by atoms with Crippen molar-refractivity contribution in [3.8, 4) is 0 Å². The van der Waals surface area contributed by atoms with E-state index in [-0.39, 0.29) is 0 Å². The van der Waals surface area contributed by atoms with Crippen molar-refractivity contribution < 1.29 is 9.84 Å².